The molecule has 1 aliphatic rings. The molecule has 150 valence electrons. The number of rotatable bonds is 4. The van der Waals surface area contributed by atoms with Gasteiger partial charge in [-0.1, -0.05) is 12.1 Å². The Morgan fingerprint density at radius 1 is 1.17 bits per heavy atom. The van der Waals surface area contributed by atoms with Gasteiger partial charge in [0.15, 0.2) is 5.76 Å². The van der Waals surface area contributed by atoms with E-state index in [0.29, 0.717) is 12.3 Å². The van der Waals surface area contributed by atoms with E-state index in [1.165, 1.54) is 23.1 Å². The number of carbonyl (C=O) groups excluding carboxylic acids is 1. The van der Waals surface area contributed by atoms with Crippen LogP contribution in [0.15, 0.2) is 64.5 Å². The number of hydrogen-bond donors (Lipinski definition) is 0. The van der Waals surface area contributed by atoms with Gasteiger partial charge in [0, 0.05) is 23.7 Å². The van der Waals surface area contributed by atoms with Gasteiger partial charge in [0.1, 0.15) is 5.76 Å². The summed E-state index contributed by atoms with van der Waals surface area (Å²) in [5.41, 5.74) is 1.14. The molecule has 2 aromatic heterocycles. The topological polar surface area (TPSA) is 33.5 Å². The van der Waals surface area contributed by atoms with E-state index in [0.717, 1.165) is 29.7 Å². The number of nitrogens with zero attached hydrogens (tertiary/aromatic N) is 1. The highest BCUT2D eigenvalue weighted by Gasteiger charge is 2.32. The minimum absolute atomic E-state index is 0.241. The van der Waals surface area contributed by atoms with Gasteiger partial charge in [0.2, 0.25) is 5.78 Å². The Labute approximate surface area is 170 Å². The van der Waals surface area contributed by atoms with Crippen LogP contribution in [-0.2, 0) is 12.6 Å². The zero-order chi connectivity index (χ0) is 20.6. The molecule has 3 heterocycles. The third-order valence-electron chi connectivity index (χ3n) is 4.96. The molecule has 0 amide bonds. The van der Waals surface area contributed by atoms with Crippen LogP contribution in [0.25, 0.3) is 0 Å². The summed E-state index contributed by atoms with van der Waals surface area (Å²) in [4.78, 5) is 15.6. The maximum absolute atomic E-state index is 12.9. The summed E-state index contributed by atoms with van der Waals surface area (Å²) in [6.07, 6.45) is -0.385. The third-order valence-corrected chi connectivity index (χ3v) is 5.95. The minimum atomic E-state index is -4.37. The lowest BCUT2D eigenvalue weighted by atomic mass is 9.93. The second kappa shape index (κ2) is 7.55. The van der Waals surface area contributed by atoms with E-state index in [1.807, 2.05) is 16.3 Å². The van der Waals surface area contributed by atoms with E-state index in [1.54, 1.807) is 36.6 Å². The van der Waals surface area contributed by atoms with Gasteiger partial charge >= 0.3 is 6.18 Å². The molecule has 0 aliphatic carbocycles. The van der Waals surface area contributed by atoms with Crippen molar-refractivity contribution < 1.29 is 22.4 Å². The van der Waals surface area contributed by atoms with E-state index in [-0.39, 0.29) is 17.6 Å². The van der Waals surface area contributed by atoms with E-state index in [4.69, 9.17) is 4.42 Å². The number of allylic oxidation sites excluding steroid dienone is 1. The molecule has 3 nitrogen and oxygen atoms in total. The Hall–Kier alpha value is -2.80. The van der Waals surface area contributed by atoms with E-state index in [2.05, 4.69) is 0 Å². The van der Waals surface area contributed by atoms with Crippen molar-refractivity contribution in [3.05, 3.63) is 93.2 Å². The molecule has 1 unspecified atom stereocenters. The van der Waals surface area contributed by atoms with Crippen molar-refractivity contribution in [1.29, 1.82) is 0 Å². The molecule has 0 fully saturated rings. The molecule has 29 heavy (non-hydrogen) atoms. The SMILES string of the molecule is Cc1ccc(C(=O)C=CN2CCc3sccc3C2c2ccc(C(F)(F)F)cc2)o1. The first-order valence-corrected chi connectivity index (χ1v) is 9.99. The molecule has 0 bridgehead atoms. The molecular formula is C22H18F3NO2S. The number of hydrogen-bond acceptors (Lipinski definition) is 4. The van der Waals surface area contributed by atoms with E-state index >= 15 is 0 Å². The lowest BCUT2D eigenvalue weighted by Crippen LogP contribution is -2.31. The Balaban J connectivity index is 1.64. The van der Waals surface area contributed by atoms with Crippen LogP contribution < -0.4 is 0 Å². The van der Waals surface area contributed by atoms with Gasteiger partial charge in [-0.2, -0.15) is 13.2 Å². The summed E-state index contributed by atoms with van der Waals surface area (Å²) in [6, 6.07) is 10.4. The van der Waals surface area contributed by atoms with Gasteiger partial charge in [0.05, 0.1) is 11.6 Å². The molecule has 0 radical (unpaired) electrons. The van der Waals surface area contributed by atoms with Crippen LogP contribution in [0.3, 0.4) is 0 Å². The van der Waals surface area contributed by atoms with Crippen LogP contribution in [0.4, 0.5) is 13.2 Å². The summed E-state index contributed by atoms with van der Waals surface area (Å²) < 4.78 is 44.2. The van der Waals surface area contributed by atoms with Crippen LogP contribution in [0.5, 0.6) is 0 Å². The summed E-state index contributed by atoms with van der Waals surface area (Å²) in [6.45, 7) is 2.43. The predicted octanol–water partition coefficient (Wildman–Crippen LogP) is 6.01. The smallest absolute Gasteiger partial charge is 0.416 e. The van der Waals surface area contributed by atoms with Crippen LogP contribution in [0.1, 0.15) is 43.9 Å². The Morgan fingerprint density at radius 2 is 1.93 bits per heavy atom. The Bertz CT molecular complexity index is 1050. The van der Waals surface area contributed by atoms with E-state index < -0.39 is 11.7 Å². The Kier molecular flexibility index (Phi) is 5.08. The van der Waals surface area contributed by atoms with Crippen molar-refractivity contribution >= 4 is 17.1 Å². The van der Waals surface area contributed by atoms with Gasteiger partial charge in [0.25, 0.3) is 0 Å². The van der Waals surface area contributed by atoms with Crippen LogP contribution in [0.2, 0.25) is 0 Å². The Morgan fingerprint density at radius 3 is 2.59 bits per heavy atom. The van der Waals surface area contributed by atoms with Crippen molar-refractivity contribution in [3.8, 4) is 0 Å². The molecule has 3 aromatic rings. The molecule has 1 aromatic carbocycles. The first-order valence-electron chi connectivity index (χ1n) is 9.11. The van der Waals surface area contributed by atoms with Gasteiger partial charge < -0.3 is 9.32 Å². The minimum Gasteiger partial charge on any atom is -0.458 e. The van der Waals surface area contributed by atoms with Gasteiger partial charge in [-0.15, -0.1) is 11.3 Å². The summed E-state index contributed by atoms with van der Waals surface area (Å²) >= 11 is 1.64. The molecule has 1 aliphatic heterocycles. The first kappa shape index (κ1) is 19.5. The van der Waals surface area contributed by atoms with Gasteiger partial charge in [-0.05, 0) is 60.2 Å². The standard InChI is InChI=1S/C22H18F3NO2S/c1-14-2-7-19(28-14)18(27)8-11-26-12-9-20-17(10-13-29-20)21(26)15-3-5-16(6-4-15)22(23,24)25/h2-8,10-11,13,21H,9,12H2,1H3. The monoisotopic (exact) mass is 417 g/mol. The molecule has 1 atom stereocenters. The van der Waals surface area contributed by atoms with Gasteiger partial charge in [-0.25, -0.2) is 0 Å². The first-order chi connectivity index (χ1) is 13.8. The van der Waals surface area contributed by atoms with Crippen molar-refractivity contribution in [1.82, 2.24) is 4.90 Å². The molecule has 0 saturated heterocycles. The number of alkyl halides is 3. The molecular weight excluding hydrogens is 399 g/mol. The lowest BCUT2D eigenvalue weighted by Gasteiger charge is -2.35. The maximum Gasteiger partial charge on any atom is 0.416 e. The van der Waals surface area contributed by atoms with Crippen LogP contribution in [0, 0.1) is 6.92 Å². The number of thiophene rings is 1. The molecule has 0 spiro atoms. The average molecular weight is 417 g/mol. The lowest BCUT2D eigenvalue weighted by molar-refractivity contribution is -0.137. The van der Waals surface area contributed by atoms with Crippen molar-refractivity contribution in [2.24, 2.45) is 0 Å². The average Bonchev–Trinajstić information content (AvgIpc) is 3.34. The number of furan rings is 1. The fourth-order valence-corrected chi connectivity index (χ4v) is 4.44. The fourth-order valence-electron chi connectivity index (χ4n) is 3.53. The third kappa shape index (κ3) is 4.00. The number of aryl methyl sites for hydroxylation is 1. The van der Waals surface area contributed by atoms with Crippen molar-refractivity contribution in [3.63, 3.8) is 0 Å². The second-order valence-corrected chi connectivity index (χ2v) is 7.90. The normalized spacial score (nSPS) is 17.0. The highest BCUT2D eigenvalue weighted by Crippen LogP contribution is 2.39. The van der Waals surface area contributed by atoms with Crippen LogP contribution >= 0.6 is 11.3 Å². The zero-order valence-electron chi connectivity index (χ0n) is 15.6. The highest BCUT2D eigenvalue weighted by atomic mass is 32.1. The highest BCUT2D eigenvalue weighted by molar-refractivity contribution is 7.10. The van der Waals surface area contributed by atoms with Gasteiger partial charge in [-0.3, -0.25) is 4.79 Å². The fraction of sp³-hybridized carbons (Fsp3) is 0.227. The number of carbonyl (C=O) groups is 1. The molecule has 7 heteroatoms. The summed E-state index contributed by atoms with van der Waals surface area (Å²) in [5.74, 6) is 0.670. The largest absolute Gasteiger partial charge is 0.458 e. The maximum atomic E-state index is 12.9. The second-order valence-electron chi connectivity index (χ2n) is 6.90. The van der Waals surface area contributed by atoms with Crippen molar-refractivity contribution in [2.75, 3.05) is 6.54 Å². The quantitative estimate of drug-likeness (QED) is 0.385. The van der Waals surface area contributed by atoms with E-state index in [9.17, 15) is 18.0 Å². The number of benzene rings is 1. The molecule has 4 rings (SSSR count). The molecule has 0 N–H and O–H groups in total. The zero-order valence-corrected chi connectivity index (χ0v) is 16.4. The number of ketones is 1. The predicted molar refractivity (Wildman–Crippen MR) is 105 cm³/mol. The number of fused-ring (bicyclic) bond motifs is 1. The number of halogens is 3. The van der Waals surface area contributed by atoms with Crippen molar-refractivity contribution in [2.45, 2.75) is 25.6 Å². The summed E-state index contributed by atoms with van der Waals surface area (Å²) in [7, 11) is 0. The molecule has 0 saturated carbocycles. The summed E-state index contributed by atoms with van der Waals surface area (Å²) in [5, 5.41) is 1.99. The van der Waals surface area contributed by atoms with Crippen LogP contribution in [-0.4, -0.2) is 17.2 Å².